The lowest BCUT2D eigenvalue weighted by molar-refractivity contribution is -0.384. The fourth-order valence-corrected chi connectivity index (χ4v) is 1.91. The smallest absolute Gasteiger partial charge is 0.318 e. The molecule has 0 unspecified atom stereocenters. The minimum absolute atomic E-state index is 0.0232. The molecule has 0 saturated heterocycles. The largest absolute Gasteiger partial charge is 0.480 e. The van der Waals surface area contributed by atoms with E-state index in [1.165, 1.54) is 24.3 Å². The zero-order valence-electron chi connectivity index (χ0n) is 7.84. The average molecular weight is 353 g/mol. The van der Waals surface area contributed by atoms with E-state index in [0.717, 1.165) is 0 Å². The Balaban J connectivity index is 2.89. The minimum Gasteiger partial charge on any atom is -0.480 e. The lowest BCUT2D eigenvalue weighted by atomic mass is 10.1. The van der Waals surface area contributed by atoms with E-state index in [1.807, 2.05) is 0 Å². The maximum absolute atomic E-state index is 10.7. The van der Waals surface area contributed by atoms with E-state index < -0.39 is 20.5 Å². The monoisotopic (exact) mass is 351 g/mol. The highest BCUT2D eigenvalue weighted by molar-refractivity contribution is 9.12. The predicted molar refractivity (Wildman–Crippen MR) is 65.1 cm³/mol. The van der Waals surface area contributed by atoms with E-state index in [-0.39, 0.29) is 5.69 Å². The highest BCUT2D eigenvalue weighted by Gasteiger charge is 2.24. The van der Waals surface area contributed by atoms with Crippen LogP contribution in [0.5, 0.6) is 0 Å². The number of non-ortho nitro benzene ring substituents is 1. The van der Waals surface area contributed by atoms with E-state index in [9.17, 15) is 14.9 Å². The summed E-state index contributed by atoms with van der Waals surface area (Å²) in [6.07, 6.45) is 0. The molecule has 2 atom stereocenters. The summed E-state index contributed by atoms with van der Waals surface area (Å²) >= 11 is 6.23. The first kappa shape index (κ1) is 13.1. The SMILES string of the molecule is O=C(O)[C@H](Br)[C@@H](Br)c1ccc([N+](=O)[O-])cc1. The van der Waals surface area contributed by atoms with Gasteiger partial charge in [0, 0.05) is 12.1 Å². The molecule has 0 aliphatic heterocycles. The van der Waals surface area contributed by atoms with Crippen LogP contribution >= 0.6 is 31.9 Å². The Morgan fingerprint density at radius 1 is 1.31 bits per heavy atom. The molecule has 7 heteroatoms. The summed E-state index contributed by atoms with van der Waals surface area (Å²) in [5.74, 6) is -1.000. The van der Waals surface area contributed by atoms with Gasteiger partial charge in [-0.3, -0.25) is 14.9 Å². The van der Waals surface area contributed by atoms with Gasteiger partial charge in [0.05, 0.1) is 9.75 Å². The third-order valence-corrected chi connectivity index (χ3v) is 4.60. The second kappa shape index (κ2) is 5.40. The summed E-state index contributed by atoms with van der Waals surface area (Å²) in [6.45, 7) is 0. The van der Waals surface area contributed by atoms with Crippen molar-refractivity contribution in [2.75, 3.05) is 0 Å². The van der Waals surface area contributed by atoms with Gasteiger partial charge in [-0.2, -0.15) is 0 Å². The predicted octanol–water partition coefficient (Wildman–Crippen LogP) is 2.88. The van der Waals surface area contributed by atoms with Crippen molar-refractivity contribution < 1.29 is 14.8 Å². The van der Waals surface area contributed by atoms with Gasteiger partial charge >= 0.3 is 5.97 Å². The lowest BCUT2D eigenvalue weighted by Crippen LogP contribution is -2.17. The topological polar surface area (TPSA) is 80.4 Å². The van der Waals surface area contributed by atoms with Crippen LogP contribution in [0.15, 0.2) is 24.3 Å². The zero-order chi connectivity index (χ0) is 12.3. The highest BCUT2D eigenvalue weighted by Crippen LogP contribution is 2.32. The fourth-order valence-electron chi connectivity index (χ4n) is 1.07. The number of nitrogens with zero attached hydrogens (tertiary/aromatic N) is 1. The number of hydrogen-bond donors (Lipinski definition) is 1. The fraction of sp³-hybridized carbons (Fsp3) is 0.222. The molecule has 1 rings (SSSR count). The average Bonchev–Trinajstić information content (AvgIpc) is 2.27. The molecule has 1 aromatic carbocycles. The first-order valence-electron chi connectivity index (χ1n) is 4.18. The molecule has 0 amide bonds. The molecule has 1 aromatic rings. The Hall–Kier alpha value is -0.950. The standard InChI is InChI=1S/C9H7Br2NO4/c10-7(8(11)9(13)14)5-1-3-6(4-2-5)12(15)16/h1-4,7-8H,(H,13,14)/t7-,8+/m0/s1. The van der Waals surface area contributed by atoms with Crippen LogP contribution in [-0.4, -0.2) is 20.8 Å². The molecule has 1 N–H and O–H groups in total. The minimum atomic E-state index is -1.000. The van der Waals surface area contributed by atoms with Gasteiger partial charge in [0.15, 0.2) is 0 Å². The van der Waals surface area contributed by atoms with Crippen LogP contribution in [0.4, 0.5) is 5.69 Å². The number of aliphatic carboxylic acids is 1. The van der Waals surface area contributed by atoms with Gasteiger partial charge in [0.1, 0.15) is 4.83 Å². The number of hydrogen-bond acceptors (Lipinski definition) is 3. The van der Waals surface area contributed by atoms with E-state index in [1.54, 1.807) is 0 Å². The van der Waals surface area contributed by atoms with Gasteiger partial charge in [0.2, 0.25) is 0 Å². The van der Waals surface area contributed by atoms with Crippen molar-refractivity contribution in [1.29, 1.82) is 0 Å². The summed E-state index contributed by atoms with van der Waals surface area (Å²) < 4.78 is 0. The molecule has 0 bridgehead atoms. The second-order valence-corrected chi connectivity index (χ2v) is 4.96. The molecule has 0 heterocycles. The van der Waals surface area contributed by atoms with Crippen LogP contribution in [0.1, 0.15) is 10.4 Å². The molecule has 5 nitrogen and oxygen atoms in total. The van der Waals surface area contributed by atoms with E-state index in [4.69, 9.17) is 5.11 Å². The number of halogens is 2. The number of carboxylic acids is 1. The van der Waals surface area contributed by atoms with Crippen LogP contribution in [0.3, 0.4) is 0 Å². The molecule has 86 valence electrons. The van der Waals surface area contributed by atoms with Crippen molar-refractivity contribution in [1.82, 2.24) is 0 Å². The summed E-state index contributed by atoms with van der Waals surface area (Å²) in [5.41, 5.74) is 0.639. The van der Waals surface area contributed by atoms with Crippen molar-refractivity contribution in [3.63, 3.8) is 0 Å². The zero-order valence-corrected chi connectivity index (χ0v) is 11.0. The number of alkyl halides is 2. The number of nitro benzene ring substituents is 1. The third kappa shape index (κ3) is 3.02. The Morgan fingerprint density at radius 2 is 1.81 bits per heavy atom. The van der Waals surface area contributed by atoms with Gasteiger partial charge in [0.25, 0.3) is 5.69 Å². The maximum Gasteiger partial charge on any atom is 0.318 e. The van der Waals surface area contributed by atoms with Crippen molar-refractivity contribution >= 4 is 43.5 Å². The number of benzene rings is 1. The molecule has 0 saturated carbocycles. The first-order valence-corrected chi connectivity index (χ1v) is 6.02. The number of carboxylic acid groups (broad SMARTS) is 1. The van der Waals surface area contributed by atoms with Gasteiger partial charge in [-0.1, -0.05) is 44.0 Å². The van der Waals surface area contributed by atoms with Crippen molar-refractivity contribution in [3.05, 3.63) is 39.9 Å². The third-order valence-electron chi connectivity index (χ3n) is 1.92. The number of carbonyl (C=O) groups is 1. The van der Waals surface area contributed by atoms with Crippen LogP contribution in [0.25, 0.3) is 0 Å². The molecule has 0 spiro atoms. The summed E-state index contributed by atoms with van der Waals surface area (Å²) in [7, 11) is 0. The van der Waals surface area contributed by atoms with Crippen LogP contribution in [0.2, 0.25) is 0 Å². The second-order valence-electron chi connectivity index (χ2n) is 2.99. The van der Waals surface area contributed by atoms with Crippen molar-refractivity contribution in [2.45, 2.75) is 9.65 Å². The Kier molecular flexibility index (Phi) is 4.43. The van der Waals surface area contributed by atoms with E-state index in [0.29, 0.717) is 5.56 Å². The molecule has 0 radical (unpaired) electrons. The Morgan fingerprint density at radius 3 is 2.19 bits per heavy atom. The van der Waals surface area contributed by atoms with Crippen molar-refractivity contribution in [2.24, 2.45) is 0 Å². The molecule has 0 aromatic heterocycles. The normalized spacial score (nSPS) is 14.1. The first-order chi connectivity index (χ1) is 7.43. The Bertz CT molecular complexity index is 406. The van der Waals surface area contributed by atoms with Gasteiger partial charge in [-0.05, 0) is 5.56 Å². The van der Waals surface area contributed by atoms with E-state index in [2.05, 4.69) is 31.9 Å². The molecule has 16 heavy (non-hydrogen) atoms. The van der Waals surface area contributed by atoms with Crippen LogP contribution in [0, 0.1) is 10.1 Å². The summed E-state index contributed by atoms with van der Waals surface area (Å²) in [6, 6.07) is 5.72. The molecule has 0 aliphatic carbocycles. The molecule has 0 aliphatic rings. The molecular weight excluding hydrogens is 346 g/mol. The van der Waals surface area contributed by atoms with Gasteiger partial charge < -0.3 is 5.11 Å². The quantitative estimate of drug-likeness (QED) is 0.513. The van der Waals surface area contributed by atoms with Gasteiger partial charge in [-0.15, -0.1) is 0 Å². The van der Waals surface area contributed by atoms with E-state index >= 15 is 0 Å². The lowest BCUT2D eigenvalue weighted by Gasteiger charge is -2.12. The maximum atomic E-state index is 10.7. The van der Waals surface area contributed by atoms with Crippen molar-refractivity contribution in [3.8, 4) is 0 Å². The number of rotatable bonds is 4. The summed E-state index contributed by atoms with van der Waals surface area (Å²) in [4.78, 5) is 19.4. The van der Waals surface area contributed by atoms with Crippen LogP contribution < -0.4 is 0 Å². The Labute approximate surface area is 108 Å². The van der Waals surface area contributed by atoms with Gasteiger partial charge in [-0.25, -0.2) is 0 Å². The molecule has 0 fully saturated rings. The number of nitro groups is 1. The van der Waals surface area contributed by atoms with Crippen LogP contribution in [-0.2, 0) is 4.79 Å². The summed E-state index contributed by atoms with van der Waals surface area (Å²) in [5, 5.41) is 19.2. The molecular formula is C9H7Br2NO4. The highest BCUT2D eigenvalue weighted by atomic mass is 79.9.